The Labute approximate surface area is 246 Å². The van der Waals surface area contributed by atoms with Crippen molar-refractivity contribution in [3.63, 3.8) is 0 Å². The maximum absolute atomic E-state index is 14.4. The zero-order chi connectivity index (χ0) is 29.5. The summed E-state index contributed by atoms with van der Waals surface area (Å²) in [6, 6.07) is 29.0. The fraction of sp³-hybridized carbons (Fsp3) is 0.0606. The van der Waals surface area contributed by atoms with Crippen molar-refractivity contribution in [3.05, 3.63) is 132 Å². The minimum absolute atomic E-state index is 0.126. The summed E-state index contributed by atoms with van der Waals surface area (Å²) in [5.74, 6) is -1.84. The summed E-state index contributed by atoms with van der Waals surface area (Å²) < 4.78 is 14.4. The van der Waals surface area contributed by atoms with Crippen molar-refractivity contribution in [2.75, 3.05) is 10.6 Å². The summed E-state index contributed by atoms with van der Waals surface area (Å²) in [6.45, 7) is 1.80. The first-order valence-corrected chi connectivity index (χ1v) is 14.0. The van der Waals surface area contributed by atoms with Crippen molar-refractivity contribution in [1.29, 1.82) is 0 Å². The van der Waals surface area contributed by atoms with Gasteiger partial charge in [0.2, 0.25) is 5.91 Å². The normalized spacial score (nSPS) is 12.0. The molecule has 0 fully saturated rings. The van der Waals surface area contributed by atoms with Crippen molar-refractivity contribution in [2.45, 2.75) is 17.1 Å². The molecule has 0 bridgehead atoms. The van der Waals surface area contributed by atoms with E-state index in [4.69, 9.17) is 0 Å². The van der Waals surface area contributed by atoms with Crippen LogP contribution in [0.15, 0.2) is 120 Å². The maximum Gasteiger partial charge on any atom is 0.272 e. The molecule has 42 heavy (non-hydrogen) atoms. The van der Waals surface area contributed by atoms with E-state index in [0.29, 0.717) is 16.9 Å². The van der Waals surface area contributed by atoms with E-state index in [1.165, 1.54) is 30.0 Å². The molecule has 5 aromatic rings. The summed E-state index contributed by atoms with van der Waals surface area (Å²) in [5.41, 5.74) is 2.44. The number of carbonyl (C=O) groups excluding carboxylic acids is 3. The molecule has 0 saturated carbocycles. The number of aromatic nitrogens is 1. The van der Waals surface area contributed by atoms with E-state index in [2.05, 4.69) is 20.9 Å². The molecule has 0 radical (unpaired) electrons. The number of aromatic amines is 1. The molecule has 0 aliphatic carbocycles. The van der Waals surface area contributed by atoms with Crippen molar-refractivity contribution in [3.8, 4) is 0 Å². The summed E-state index contributed by atoms with van der Waals surface area (Å²) in [7, 11) is 0. The predicted molar refractivity (Wildman–Crippen MR) is 166 cm³/mol. The highest BCUT2D eigenvalue weighted by Crippen LogP contribution is 2.27. The van der Waals surface area contributed by atoms with Gasteiger partial charge < -0.3 is 20.9 Å². The second-order valence-corrected chi connectivity index (χ2v) is 10.8. The Hall–Kier alpha value is -5.15. The van der Waals surface area contributed by atoms with E-state index in [1.807, 2.05) is 36.5 Å². The van der Waals surface area contributed by atoms with Gasteiger partial charge in [-0.1, -0.05) is 48.5 Å². The topological polar surface area (TPSA) is 103 Å². The van der Waals surface area contributed by atoms with Crippen molar-refractivity contribution in [2.24, 2.45) is 0 Å². The fourth-order valence-electron chi connectivity index (χ4n) is 4.16. The zero-order valence-corrected chi connectivity index (χ0v) is 23.4. The second-order valence-electron chi connectivity index (χ2n) is 9.41. The van der Waals surface area contributed by atoms with Gasteiger partial charge in [0.1, 0.15) is 11.5 Å². The SMILES string of the molecule is CC(Sc1cccc(NC(=O)/C(=C/c2ccccc2F)NC(=O)c2ccccc2)c1)C(=O)Nc1ccc2cc[nH]c2c1. The van der Waals surface area contributed by atoms with Gasteiger partial charge in [0.05, 0.1) is 5.25 Å². The molecule has 9 heteroatoms. The van der Waals surface area contributed by atoms with Crippen LogP contribution in [0, 0.1) is 5.82 Å². The lowest BCUT2D eigenvalue weighted by atomic mass is 10.1. The Morgan fingerprint density at radius 2 is 1.60 bits per heavy atom. The number of halogens is 1. The van der Waals surface area contributed by atoms with Gasteiger partial charge in [0.15, 0.2) is 0 Å². The number of carbonyl (C=O) groups is 3. The number of amides is 3. The summed E-state index contributed by atoms with van der Waals surface area (Å²) in [4.78, 5) is 42.9. The quantitative estimate of drug-likeness (QED) is 0.114. The largest absolute Gasteiger partial charge is 0.361 e. The molecule has 4 aromatic carbocycles. The van der Waals surface area contributed by atoms with Crippen LogP contribution < -0.4 is 16.0 Å². The van der Waals surface area contributed by atoms with E-state index in [0.717, 1.165) is 15.8 Å². The highest BCUT2D eigenvalue weighted by Gasteiger charge is 2.18. The molecule has 7 nitrogen and oxygen atoms in total. The van der Waals surface area contributed by atoms with Crippen LogP contribution in [0.2, 0.25) is 0 Å². The molecule has 1 aromatic heterocycles. The fourth-order valence-corrected chi connectivity index (χ4v) is 5.09. The number of nitrogens with one attached hydrogen (secondary N) is 4. The van der Waals surface area contributed by atoms with Crippen LogP contribution in [-0.4, -0.2) is 28.0 Å². The predicted octanol–water partition coefficient (Wildman–Crippen LogP) is 6.84. The number of fused-ring (bicyclic) bond motifs is 1. The Bertz CT molecular complexity index is 1780. The van der Waals surface area contributed by atoms with E-state index in [-0.39, 0.29) is 17.2 Å². The second kappa shape index (κ2) is 13.0. The number of rotatable bonds is 9. The molecule has 3 amide bonds. The highest BCUT2D eigenvalue weighted by molar-refractivity contribution is 8.00. The molecule has 0 aliphatic heterocycles. The molecule has 0 spiro atoms. The number of H-pyrrole nitrogens is 1. The van der Waals surface area contributed by atoms with Gasteiger partial charge in [-0.05, 0) is 73.0 Å². The first kappa shape index (κ1) is 28.4. The first-order chi connectivity index (χ1) is 20.4. The van der Waals surface area contributed by atoms with Crippen molar-refractivity contribution in [1.82, 2.24) is 10.3 Å². The molecule has 5 rings (SSSR count). The van der Waals surface area contributed by atoms with Crippen LogP contribution in [-0.2, 0) is 9.59 Å². The lowest BCUT2D eigenvalue weighted by Crippen LogP contribution is -2.30. The Morgan fingerprint density at radius 1 is 0.833 bits per heavy atom. The van der Waals surface area contributed by atoms with Gasteiger partial charge in [-0.15, -0.1) is 11.8 Å². The van der Waals surface area contributed by atoms with Gasteiger partial charge in [-0.2, -0.15) is 0 Å². The van der Waals surface area contributed by atoms with Crippen LogP contribution in [0.1, 0.15) is 22.8 Å². The highest BCUT2D eigenvalue weighted by atomic mass is 32.2. The lowest BCUT2D eigenvalue weighted by molar-refractivity contribution is -0.115. The maximum atomic E-state index is 14.4. The number of anilines is 2. The van der Waals surface area contributed by atoms with E-state index < -0.39 is 22.9 Å². The van der Waals surface area contributed by atoms with Crippen molar-refractivity contribution < 1.29 is 18.8 Å². The molecule has 0 aliphatic rings. The molecular formula is C33H27FN4O3S. The van der Waals surface area contributed by atoms with Crippen molar-refractivity contribution >= 4 is 57.8 Å². The first-order valence-electron chi connectivity index (χ1n) is 13.1. The number of hydrogen-bond acceptors (Lipinski definition) is 4. The third kappa shape index (κ3) is 7.13. The Morgan fingerprint density at radius 3 is 2.40 bits per heavy atom. The lowest BCUT2D eigenvalue weighted by Gasteiger charge is -2.14. The third-order valence-electron chi connectivity index (χ3n) is 6.33. The number of hydrogen-bond donors (Lipinski definition) is 4. The third-order valence-corrected chi connectivity index (χ3v) is 7.42. The Kier molecular flexibility index (Phi) is 8.79. The van der Waals surface area contributed by atoms with E-state index in [9.17, 15) is 18.8 Å². The summed E-state index contributed by atoms with van der Waals surface area (Å²) >= 11 is 1.33. The average Bonchev–Trinajstić information content (AvgIpc) is 3.46. The van der Waals surface area contributed by atoms with Crippen LogP contribution >= 0.6 is 11.8 Å². The van der Waals surface area contributed by atoms with E-state index >= 15 is 0 Å². The monoisotopic (exact) mass is 578 g/mol. The van der Waals surface area contributed by atoms with Crippen LogP contribution in [0.25, 0.3) is 17.0 Å². The van der Waals surface area contributed by atoms with Crippen LogP contribution in [0.3, 0.4) is 0 Å². The minimum Gasteiger partial charge on any atom is -0.361 e. The number of thioether (sulfide) groups is 1. The van der Waals surface area contributed by atoms with E-state index in [1.54, 1.807) is 67.6 Å². The van der Waals surface area contributed by atoms with Crippen LogP contribution in [0.5, 0.6) is 0 Å². The summed E-state index contributed by atoms with van der Waals surface area (Å²) in [5, 5.41) is 8.94. The van der Waals surface area contributed by atoms with Gasteiger partial charge in [-0.25, -0.2) is 4.39 Å². The molecule has 1 atom stereocenters. The molecule has 4 N–H and O–H groups in total. The standard InChI is InChI=1S/C33H27FN4O3S/c1-21(31(39)36-26-15-14-22-16-17-35-29(22)20-26)42-27-12-7-11-25(19-27)37-33(41)30(18-24-10-5-6-13-28(24)34)38-32(40)23-8-3-2-4-9-23/h2-21,35H,1H3,(H,36,39)(H,37,41)(H,38,40)/b30-18-. The molecule has 1 unspecified atom stereocenters. The smallest absolute Gasteiger partial charge is 0.272 e. The number of benzene rings is 4. The van der Waals surface area contributed by atoms with Gasteiger partial charge in [0.25, 0.3) is 11.8 Å². The van der Waals surface area contributed by atoms with Gasteiger partial charge in [0, 0.05) is 39.1 Å². The molecule has 0 saturated heterocycles. The van der Waals surface area contributed by atoms with Gasteiger partial charge >= 0.3 is 0 Å². The Balaban J connectivity index is 1.28. The minimum atomic E-state index is -0.629. The zero-order valence-electron chi connectivity index (χ0n) is 22.6. The molecular weight excluding hydrogens is 551 g/mol. The molecule has 1 heterocycles. The average molecular weight is 579 g/mol. The van der Waals surface area contributed by atoms with Crippen LogP contribution in [0.4, 0.5) is 15.8 Å². The molecule has 210 valence electrons. The summed E-state index contributed by atoms with van der Waals surface area (Å²) in [6.07, 6.45) is 3.14. The van der Waals surface area contributed by atoms with Gasteiger partial charge in [-0.3, -0.25) is 14.4 Å².